The molecule has 0 aromatic heterocycles. The van der Waals surface area contributed by atoms with E-state index in [1.807, 2.05) is 0 Å². The maximum atomic E-state index is 4.46. The van der Waals surface area contributed by atoms with Crippen LogP contribution in [-0.4, -0.2) is 5.40 Å². The van der Waals surface area contributed by atoms with Crippen LogP contribution < -0.4 is 21.2 Å². The van der Waals surface area contributed by atoms with Crippen molar-refractivity contribution in [3.63, 3.8) is 0 Å². The summed E-state index contributed by atoms with van der Waals surface area (Å²) >= 11 is 3.35. The van der Waals surface area contributed by atoms with Crippen LogP contribution in [0, 0.1) is 6.92 Å². The fraction of sp³-hybridized carbons (Fsp3) is 0.0741. The molecule has 0 fully saturated rings. The third-order valence-corrected chi connectivity index (χ3v) is 11.5. The molecule has 0 amide bonds. The van der Waals surface area contributed by atoms with E-state index < -0.39 is 15.8 Å². The second kappa shape index (κ2) is 13.2. The first-order valence-corrected chi connectivity index (χ1v) is 14.3. The quantitative estimate of drug-likeness (QED) is 0.153. The summed E-state index contributed by atoms with van der Waals surface area (Å²) in [5.41, 5.74) is 0. The van der Waals surface area contributed by atoms with Crippen LogP contribution >= 0.6 is 26.0 Å². The zero-order chi connectivity index (χ0) is 21.9. The molecule has 31 heavy (non-hydrogen) atoms. The third-order valence-electron chi connectivity index (χ3n) is 4.99. The number of benzene rings is 4. The molecule has 0 atom stereocenters. The minimum atomic E-state index is -0.535. The van der Waals surface area contributed by atoms with Gasteiger partial charge in [0.2, 0.25) is 0 Å². The fourth-order valence-corrected chi connectivity index (χ4v) is 10.7. The third kappa shape index (κ3) is 6.28. The van der Waals surface area contributed by atoms with Gasteiger partial charge in [0, 0.05) is 0 Å². The van der Waals surface area contributed by atoms with E-state index in [1.165, 1.54) is 21.2 Å². The van der Waals surface area contributed by atoms with Gasteiger partial charge in [-0.15, -0.1) is 0 Å². The molecule has 4 rings (SSSR count). The molecule has 0 spiro atoms. The molecule has 0 aliphatic heterocycles. The Hall–Kier alpha value is -1.48. The van der Waals surface area contributed by atoms with Gasteiger partial charge in [0.25, 0.3) is 0 Å². The molecular weight excluding hydrogens is 480 g/mol. The van der Waals surface area contributed by atoms with E-state index in [0.717, 1.165) is 6.42 Å². The Morgan fingerprint density at radius 3 is 0.935 bits per heavy atom. The predicted molar refractivity (Wildman–Crippen MR) is 138 cm³/mol. The van der Waals surface area contributed by atoms with E-state index in [9.17, 15) is 0 Å². The molecule has 0 heterocycles. The van der Waals surface area contributed by atoms with Crippen LogP contribution in [0.1, 0.15) is 6.42 Å². The summed E-state index contributed by atoms with van der Waals surface area (Å²) < 4.78 is 0. The van der Waals surface area contributed by atoms with Crippen LogP contribution in [0.5, 0.6) is 0 Å². The first-order valence-electron chi connectivity index (χ1n) is 10.1. The number of hydrogen-bond acceptors (Lipinski definition) is 0. The Balaban J connectivity index is 0.00000132. The molecule has 4 aromatic rings. The first-order chi connectivity index (χ1) is 15.4. The van der Waals surface area contributed by atoms with Crippen molar-refractivity contribution in [1.29, 1.82) is 0 Å². The van der Waals surface area contributed by atoms with Crippen LogP contribution in [0.25, 0.3) is 0 Å². The predicted octanol–water partition coefficient (Wildman–Crippen LogP) is 6.49. The van der Waals surface area contributed by atoms with E-state index in [0.29, 0.717) is 5.40 Å². The Labute approximate surface area is 201 Å². The van der Waals surface area contributed by atoms with Crippen molar-refractivity contribution in [2.75, 3.05) is 0 Å². The van der Waals surface area contributed by atoms with Crippen molar-refractivity contribution in [3.8, 4) is 0 Å². The summed E-state index contributed by atoms with van der Waals surface area (Å²) in [4.78, 5) is 0. The summed E-state index contributed by atoms with van der Waals surface area (Å²) in [6.07, 6.45) is 0.908. The van der Waals surface area contributed by atoms with Crippen molar-refractivity contribution >= 4 is 47.3 Å². The molecule has 0 saturated carbocycles. The molecule has 0 aliphatic rings. The Morgan fingerprint density at radius 2 is 0.742 bits per heavy atom. The van der Waals surface area contributed by atoms with Gasteiger partial charge in [0.15, 0.2) is 0 Å². The monoisotopic (exact) mass is 504 g/mol. The van der Waals surface area contributed by atoms with Gasteiger partial charge in [-0.2, -0.15) is 6.42 Å². The van der Waals surface area contributed by atoms with E-state index in [-0.39, 0.29) is 0 Å². The Morgan fingerprint density at radius 1 is 0.516 bits per heavy atom. The zero-order valence-corrected chi connectivity index (χ0v) is 20.7. The SMILES string of the molecule is [CH2-]CC(P(c1ccccc1)c1ccccc1)P(c1ccccc1)c1ccccc1.[Cl][Ni]. The topological polar surface area (TPSA) is 0 Å². The van der Waals surface area contributed by atoms with Gasteiger partial charge in [-0.05, 0) is 42.5 Å². The number of halogens is 1. The van der Waals surface area contributed by atoms with Gasteiger partial charge in [-0.25, -0.2) is 0 Å². The average molecular weight is 506 g/mol. The molecular formula is C27H25ClNiP2-. The van der Waals surface area contributed by atoms with Crippen molar-refractivity contribution in [2.24, 2.45) is 0 Å². The summed E-state index contributed by atoms with van der Waals surface area (Å²) in [6.45, 7) is 4.46. The van der Waals surface area contributed by atoms with E-state index in [4.69, 9.17) is 0 Å². The van der Waals surface area contributed by atoms with E-state index >= 15 is 0 Å². The number of rotatable bonds is 7. The summed E-state index contributed by atoms with van der Waals surface area (Å²) in [6, 6.07) is 44.2. The fourth-order valence-electron chi connectivity index (χ4n) is 3.71. The molecule has 0 saturated heterocycles. The molecule has 4 aromatic carbocycles. The van der Waals surface area contributed by atoms with Crippen LogP contribution in [-0.2, 0) is 14.6 Å². The summed E-state index contributed by atoms with van der Waals surface area (Å²) in [5, 5.41) is 6.20. The molecule has 0 nitrogen and oxygen atoms in total. The van der Waals surface area contributed by atoms with Gasteiger partial charge >= 0.3 is 24.8 Å². The zero-order valence-electron chi connectivity index (χ0n) is 17.1. The van der Waals surface area contributed by atoms with Gasteiger partial charge in [-0.1, -0.05) is 121 Å². The molecule has 0 unspecified atom stereocenters. The Bertz CT molecular complexity index is 836. The minimum absolute atomic E-state index is 0.467. The molecule has 4 heteroatoms. The van der Waals surface area contributed by atoms with Gasteiger partial charge in [0.05, 0.1) is 0 Å². The number of hydrogen-bond donors (Lipinski definition) is 0. The van der Waals surface area contributed by atoms with Crippen molar-refractivity contribution < 1.29 is 14.6 Å². The normalized spacial score (nSPS) is 10.8. The average Bonchev–Trinajstić information content (AvgIpc) is 2.87. The molecule has 0 bridgehead atoms. The van der Waals surface area contributed by atoms with Crippen LogP contribution in [0.3, 0.4) is 0 Å². The standard InChI is InChI=1S/C27H25P2.ClH.Ni/c1-2-27(28(23-15-7-3-8-16-23)24-17-9-4-10-18-24)29(25-19-11-5-12-20-25)26-21-13-6-14-22-26;;/h3-22,27H,1-2H2;1H;/q-1;;+1/p-1. The summed E-state index contributed by atoms with van der Waals surface area (Å²) in [7, 11) is 3.19. The molecule has 0 radical (unpaired) electrons. The van der Waals surface area contributed by atoms with Crippen LogP contribution in [0.2, 0.25) is 0 Å². The molecule has 0 aliphatic carbocycles. The molecule has 0 N–H and O–H groups in total. The van der Waals surface area contributed by atoms with Crippen LogP contribution in [0.15, 0.2) is 121 Å². The van der Waals surface area contributed by atoms with Gasteiger partial charge < -0.3 is 6.92 Å². The van der Waals surface area contributed by atoms with Crippen molar-refractivity contribution in [1.82, 2.24) is 0 Å². The van der Waals surface area contributed by atoms with Crippen molar-refractivity contribution in [3.05, 3.63) is 128 Å². The van der Waals surface area contributed by atoms with Crippen molar-refractivity contribution in [2.45, 2.75) is 11.8 Å². The Kier molecular flexibility index (Phi) is 10.3. The second-order valence-corrected chi connectivity index (χ2v) is 12.1. The van der Waals surface area contributed by atoms with E-state index in [1.54, 1.807) is 0 Å². The summed E-state index contributed by atoms with van der Waals surface area (Å²) in [5.74, 6) is 0. The van der Waals surface area contributed by atoms with Crippen LogP contribution in [0.4, 0.5) is 0 Å². The second-order valence-electron chi connectivity index (χ2n) is 6.85. The van der Waals surface area contributed by atoms with Gasteiger partial charge in [0.1, 0.15) is 0 Å². The van der Waals surface area contributed by atoms with E-state index in [2.05, 4.69) is 153 Å². The first kappa shape index (κ1) is 24.2. The molecule has 161 valence electrons. The van der Waals surface area contributed by atoms with Gasteiger partial charge in [-0.3, -0.25) is 0 Å². The maximum absolute atomic E-state index is 4.46.